The number of carbonyl (C=O) groups excluding carboxylic acids is 2. The van der Waals surface area contributed by atoms with Crippen LogP contribution in [0.1, 0.15) is 66.3 Å². The number of hydrogen-bond donors (Lipinski definition) is 2. The standard InChI is InChI=1S/C35H46N4O7S/c1-24-9-12-30(13-10-24)47(43,44)37-29-11-14-32-31(20-29)35(42)39(26(3)23-40)21-25(2)33(45-19-7-6-8-27(4)46-32)22-38(5)34(41)28-15-17-36-18-16-28/h9-18,20,25-27,33,37,40H,6-8,19,21-23H2,1-5H3/t25-,26+,27-,33-/m0/s1. The van der Waals surface area contributed by atoms with Gasteiger partial charge in [0.05, 0.1) is 35.3 Å². The molecule has 2 aromatic carbocycles. The Balaban J connectivity index is 1.66. The second-order valence-corrected chi connectivity index (χ2v) is 14.0. The first-order chi connectivity index (χ1) is 22.4. The van der Waals surface area contributed by atoms with Gasteiger partial charge < -0.3 is 24.4 Å². The van der Waals surface area contributed by atoms with Crippen molar-refractivity contribution in [2.24, 2.45) is 5.92 Å². The summed E-state index contributed by atoms with van der Waals surface area (Å²) in [5.74, 6) is -0.500. The maximum Gasteiger partial charge on any atom is 0.261 e. The van der Waals surface area contributed by atoms with Crippen LogP contribution in [0.2, 0.25) is 0 Å². The topological polar surface area (TPSA) is 138 Å². The average molecular weight is 667 g/mol. The van der Waals surface area contributed by atoms with Gasteiger partial charge in [-0.2, -0.15) is 0 Å². The largest absolute Gasteiger partial charge is 0.490 e. The second kappa shape index (κ2) is 16.2. The Morgan fingerprint density at radius 2 is 1.81 bits per heavy atom. The second-order valence-electron chi connectivity index (χ2n) is 12.4. The van der Waals surface area contributed by atoms with Gasteiger partial charge in [0.25, 0.3) is 21.8 Å². The van der Waals surface area contributed by atoms with Crippen LogP contribution in [0.25, 0.3) is 0 Å². The number of rotatable bonds is 8. The minimum atomic E-state index is -3.93. The number of aliphatic hydroxyl groups is 1. The van der Waals surface area contributed by atoms with E-state index in [9.17, 15) is 23.1 Å². The Labute approximate surface area is 278 Å². The van der Waals surface area contributed by atoms with E-state index in [0.717, 1.165) is 18.4 Å². The van der Waals surface area contributed by atoms with Gasteiger partial charge in [-0.25, -0.2) is 8.42 Å². The summed E-state index contributed by atoms with van der Waals surface area (Å²) in [7, 11) is -2.21. The summed E-state index contributed by atoms with van der Waals surface area (Å²) < 4.78 is 41.6. The van der Waals surface area contributed by atoms with Crippen molar-refractivity contribution in [2.45, 2.75) is 70.1 Å². The number of pyridine rings is 1. The third-order valence-electron chi connectivity index (χ3n) is 8.36. The van der Waals surface area contributed by atoms with Crippen molar-refractivity contribution < 1.29 is 32.6 Å². The van der Waals surface area contributed by atoms with Crippen LogP contribution >= 0.6 is 0 Å². The third-order valence-corrected chi connectivity index (χ3v) is 9.76. The molecule has 254 valence electrons. The highest BCUT2D eigenvalue weighted by atomic mass is 32.2. The molecule has 0 saturated carbocycles. The van der Waals surface area contributed by atoms with E-state index in [1.807, 2.05) is 20.8 Å². The SMILES string of the molecule is Cc1ccc(S(=O)(=O)Nc2ccc3c(c2)C(=O)N([C@H](C)CO)C[C@H](C)[C@H](CN(C)C(=O)c2ccncc2)OCCCC[C@H](C)O3)cc1. The number of fused-ring (bicyclic) bond motifs is 1. The number of amides is 2. The van der Waals surface area contributed by atoms with Crippen molar-refractivity contribution in [1.82, 2.24) is 14.8 Å². The first-order valence-corrected chi connectivity index (χ1v) is 17.5. The fraction of sp³-hybridized carbons (Fsp3) is 0.457. The van der Waals surface area contributed by atoms with E-state index in [1.54, 1.807) is 72.6 Å². The first-order valence-electron chi connectivity index (χ1n) is 16.0. The molecule has 0 spiro atoms. The summed E-state index contributed by atoms with van der Waals surface area (Å²) in [6.45, 7) is 8.18. The molecule has 4 atom stereocenters. The Hall–Kier alpha value is -4.00. The van der Waals surface area contributed by atoms with Gasteiger partial charge in [-0.1, -0.05) is 24.6 Å². The molecule has 0 fully saturated rings. The Morgan fingerprint density at radius 1 is 1.11 bits per heavy atom. The van der Waals surface area contributed by atoms with Gasteiger partial charge in [-0.3, -0.25) is 19.3 Å². The highest BCUT2D eigenvalue weighted by molar-refractivity contribution is 7.92. The molecule has 1 aliphatic heterocycles. The molecule has 0 unspecified atom stereocenters. The maximum atomic E-state index is 14.4. The van der Waals surface area contributed by atoms with Gasteiger partial charge >= 0.3 is 0 Å². The fourth-order valence-corrected chi connectivity index (χ4v) is 6.50. The molecular weight excluding hydrogens is 620 g/mol. The van der Waals surface area contributed by atoms with Crippen molar-refractivity contribution >= 4 is 27.5 Å². The van der Waals surface area contributed by atoms with E-state index in [2.05, 4.69) is 9.71 Å². The molecule has 2 N–H and O–H groups in total. The minimum Gasteiger partial charge on any atom is -0.490 e. The number of ether oxygens (including phenoxy) is 2. The quantitative estimate of drug-likeness (QED) is 0.351. The zero-order valence-corrected chi connectivity index (χ0v) is 28.6. The van der Waals surface area contributed by atoms with E-state index in [-0.39, 0.29) is 47.2 Å². The molecule has 0 aliphatic carbocycles. The summed E-state index contributed by atoms with van der Waals surface area (Å²) in [6, 6.07) is 13.9. The van der Waals surface area contributed by atoms with E-state index < -0.39 is 28.1 Å². The Morgan fingerprint density at radius 3 is 2.49 bits per heavy atom. The van der Waals surface area contributed by atoms with E-state index in [0.29, 0.717) is 30.9 Å². The lowest BCUT2D eigenvalue weighted by Crippen LogP contribution is -2.48. The van der Waals surface area contributed by atoms with E-state index in [1.165, 1.54) is 18.2 Å². The molecule has 1 aromatic heterocycles. The molecule has 11 nitrogen and oxygen atoms in total. The lowest BCUT2D eigenvalue weighted by molar-refractivity contribution is -0.0149. The van der Waals surface area contributed by atoms with Gasteiger partial charge in [0.1, 0.15) is 5.75 Å². The molecule has 2 amide bonds. The molecular formula is C35H46N4O7S. The number of aryl methyl sites for hydroxylation is 1. The van der Waals surface area contributed by atoms with Gasteiger partial charge in [-0.15, -0.1) is 0 Å². The lowest BCUT2D eigenvalue weighted by atomic mass is 10.0. The predicted molar refractivity (Wildman–Crippen MR) is 180 cm³/mol. The van der Waals surface area contributed by atoms with Crippen LogP contribution in [0, 0.1) is 12.8 Å². The minimum absolute atomic E-state index is 0.0992. The first kappa shape index (κ1) is 35.8. The summed E-state index contributed by atoms with van der Waals surface area (Å²) in [5.41, 5.74) is 1.82. The van der Waals surface area contributed by atoms with Gasteiger partial charge in [-0.05, 0) is 82.5 Å². The molecule has 12 heteroatoms. The molecule has 2 heterocycles. The summed E-state index contributed by atoms with van der Waals surface area (Å²) in [4.78, 5) is 34.8. The zero-order valence-electron chi connectivity index (χ0n) is 27.8. The molecule has 4 rings (SSSR count). The molecule has 0 saturated heterocycles. The van der Waals surface area contributed by atoms with E-state index in [4.69, 9.17) is 9.47 Å². The number of benzene rings is 2. The van der Waals surface area contributed by atoms with Gasteiger partial charge in [0, 0.05) is 56.3 Å². The summed E-state index contributed by atoms with van der Waals surface area (Å²) in [5, 5.41) is 10.2. The highest BCUT2D eigenvalue weighted by Gasteiger charge is 2.31. The number of likely N-dealkylation sites (N-methyl/N-ethyl adjacent to an activating group) is 1. The van der Waals surface area contributed by atoms with Crippen molar-refractivity contribution in [3.8, 4) is 5.75 Å². The van der Waals surface area contributed by atoms with Crippen LogP contribution in [0.15, 0.2) is 71.9 Å². The van der Waals surface area contributed by atoms with Crippen LogP contribution in [0.3, 0.4) is 0 Å². The molecule has 3 aromatic rings. The van der Waals surface area contributed by atoms with E-state index >= 15 is 0 Å². The number of aliphatic hydroxyl groups excluding tert-OH is 1. The molecule has 47 heavy (non-hydrogen) atoms. The fourth-order valence-electron chi connectivity index (χ4n) is 5.45. The van der Waals surface area contributed by atoms with Crippen LogP contribution in [0.4, 0.5) is 5.69 Å². The predicted octanol–water partition coefficient (Wildman–Crippen LogP) is 4.76. The summed E-state index contributed by atoms with van der Waals surface area (Å²) >= 11 is 0. The maximum absolute atomic E-state index is 14.4. The average Bonchev–Trinajstić information content (AvgIpc) is 3.06. The van der Waals surface area contributed by atoms with Crippen LogP contribution in [-0.4, -0.2) is 91.7 Å². The van der Waals surface area contributed by atoms with Crippen LogP contribution < -0.4 is 9.46 Å². The monoisotopic (exact) mass is 666 g/mol. The third kappa shape index (κ3) is 9.52. The molecule has 0 radical (unpaired) electrons. The number of carbonyl (C=O) groups is 2. The molecule has 1 aliphatic rings. The molecule has 0 bridgehead atoms. The van der Waals surface area contributed by atoms with Crippen LogP contribution in [0.5, 0.6) is 5.75 Å². The Kier molecular flexibility index (Phi) is 12.4. The van der Waals surface area contributed by atoms with Crippen molar-refractivity contribution in [3.05, 3.63) is 83.7 Å². The highest BCUT2D eigenvalue weighted by Crippen LogP contribution is 2.29. The Bertz CT molecular complexity index is 1600. The van der Waals surface area contributed by atoms with Gasteiger partial charge in [0.15, 0.2) is 0 Å². The number of sulfonamides is 1. The number of nitrogens with one attached hydrogen (secondary N) is 1. The van der Waals surface area contributed by atoms with Crippen LogP contribution in [-0.2, 0) is 14.8 Å². The van der Waals surface area contributed by atoms with Crippen molar-refractivity contribution in [2.75, 3.05) is 38.1 Å². The van der Waals surface area contributed by atoms with Gasteiger partial charge in [0.2, 0.25) is 0 Å². The smallest absolute Gasteiger partial charge is 0.261 e. The number of nitrogens with zero attached hydrogens (tertiary/aromatic N) is 3. The van der Waals surface area contributed by atoms with Crippen molar-refractivity contribution in [3.63, 3.8) is 0 Å². The number of hydrogen-bond acceptors (Lipinski definition) is 8. The zero-order chi connectivity index (χ0) is 34.1. The van der Waals surface area contributed by atoms with Crippen molar-refractivity contribution in [1.29, 1.82) is 0 Å². The number of anilines is 1. The normalized spacial score (nSPS) is 20.3. The number of aromatic nitrogens is 1. The summed E-state index contributed by atoms with van der Waals surface area (Å²) in [6.07, 6.45) is 4.81. The lowest BCUT2D eigenvalue weighted by Gasteiger charge is -2.36.